The van der Waals surface area contributed by atoms with Crippen LogP contribution in [0.25, 0.3) is 0 Å². The van der Waals surface area contributed by atoms with E-state index in [1.54, 1.807) is 5.57 Å². The summed E-state index contributed by atoms with van der Waals surface area (Å²) in [7, 11) is 1.98. The van der Waals surface area contributed by atoms with Gasteiger partial charge in [0.2, 0.25) is 0 Å². The fourth-order valence-electron chi connectivity index (χ4n) is 1.69. The van der Waals surface area contributed by atoms with E-state index in [4.69, 9.17) is 0 Å². The molecule has 0 N–H and O–H groups in total. The Bertz CT molecular complexity index is 193. The highest BCUT2D eigenvalue weighted by molar-refractivity contribution is 5.66. The van der Waals surface area contributed by atoms with Crippen LogP contribution in [0.3, 0.4) is 0 Å². The Labute approximate surface area is 61.2 Å². The standard InChI is InChI=1S/C8H12N2/c1-10-6-8-4-2-3-7(8)5-9-10/h5-7H,2-4H2,1H3. The molecule has 0 saturated heterocycles. The molecule has 2 aliphatic rings. The molecular weight excluding hydrogens is 124 g/mol. The van der Waals surface area contributed by atoms with E-state index in [0.29, 0.717) is 5.92 Å². The van der Waals surface area contributed by atoms with Gasteiger partial charge in [0.1, 0.15) is 0 Å². The lowest BCUT2D eigenvalue weighted by molar-refractivity contribution is 0.470. The van der Waals surface area contributed by atoms with Gasteiger partial charge < -0.3 is 0 Å². The summed E-state index contributed by atoms with van der Waals surface area (Å²) in [6.45, 7) is 0. The van der Waals surface area contributed by atoms with Gasteiger partial charge in [-0.1, -0.05) is 0 Å². The van der Waals surface area contributed by atoms with Gasteiger partial charge in [0.25, 0.3) is 0 Å². The number of fused-ring (bicyclic) bond motifs is 1. The Kier molecular flexibility index (Phi) is 1.26. The zero-order valence-corrected chi connectivity index (χ0v) is 6.25. The van der Waals surface area contributed by atoms with Crippen LogP contribution in [0, 0.1) is 5.92 Å². The molecule has 1 aliphatic heterocycles. The van der Waals surface area contributed by atoms with E-state index in [0.717, 1.165) is 0 Å². The summed E-state index contributed by atoms with van der Waals surface area (Å²) in [5.74, 6) is 0.677. The number of hydrogen-bond donors (Lipinski definition) is 0. The maximum atomic E-state index is 4.20. The predicted octanol–water partition coefficient (Wildman–Crippen LogP) is 1.60. The molecule has 0 radical (unpaired) electrons. The second-order valence-corrected chi connectivity index (χ2v) is 3.04. The van der Waals surface area contributed by atoms with E-state index >= 15 is 0 Å². The fourth-order valence-corrected chi connectivity index (χ4v) is 1.69. The summed E-state index contributed by atoms with van der Waals surface area (Å²) in [4.78, 5) is 0. The van der Waals surface area contributed by atoms with Crippen molar-refractivity contribution in [3.8, 4) is 0 Å². The van der Waals surface area contributed by atoms with E-state index in [-0.39, 0.29) is 0 Å². The van der Waals surface area contributed by atoms with Crippen molar-refractivity contribution in [1.82, 2.24) is 5.01 Å². The van der Waals surface area contributed by atoms with Gasteiger partial charge in [-0.3, -0.25) is 5.01 Å². The average molecular weight is 136 g/mol. The van der Waals surface area contributed by atoms with Crippen molar-refractivity contribution in [2.45, 2.75) is 19.3 Å². The summed E-state index contributed by atoms with van der Waals surface area (Å²) < 4.78 is 0. The Morgan fingerprint density at radius 2 is 2.60 bits per heavy atom. The molecule has 1 heterocycles. The molecule has 0 aromatic carbocycles. The monoisotopic (exact) mass is 136 g/mol. The maximum absolute atomic E-state index is 4.20. The molecule has 1 fully saturated rings. The van der Waals surface area contributed by atoms with Gasteiger partial charge in [-0.05, 0) is 24.8 Å². The number of allylic oxidation sites excluding steroid dienone is 1. The molecule has 2 rings (SSSR count). The lowest BCUT2D eigenvalue weighted by Crippen LogP contribution is -2.13. The van der Waals surface area contributed by atoms with Crippen molar-refractivity contribution in [3.05, 3.63) is 11.8 Å². The minimum Gasteiger partial charge on any atom is -0.276 e. The molecule has 10 heavy (non-hydrogen) atoms. The van der Waals surface area contributed by atoms with Crippen LogP contribution < -0.4 is 0 Å². The molecule has 0 aromatic heterocycles. The van der Waals surface area contributed by atoms with Crippen LogP contribution in [0.15, 0.2) is 16.9 Å². The average Bonchev–Trinajstić information content (AvgIpc) is 2.33. The van der Waals surface area contributed by atoms with Crippen molar-refractivity contribution in [1.29, 1.82) is 0 Å². The minimum atomic E-state index is 0.677. The molecule has 2 heteroatoms. The second-order valence-electron chi connectivity index (χ2n) is 3.04. The summed E-state index contributed by atoms with van der Waals surface area (Å²) >= 11 is 0. The normalized spacial score (nSPS) is 30.3. The molecule has 1 aliphatic carbocycles. The van der Waals surface area contributed by atoms with Gasteiger partial charge in [0.15, 0.2) is 0 Å². The summed E-state index contributed by atoms with van der Waals surface area (Å²) in [6.07, 6.45) is 8.17. The Morgan fingerprint density at radius 1 is 1.70 bits per heavy atom. The van der Waals surface area contributed by atoms with Crippen molar-refractivity contribution < 1.29 is 0 Å². The van der Waals surface area contributed by atoms with Crippen LogP contribution in [-0.2, 0) is 0 Å². The minimum absolute atomic E-state index is 0.677. The zero-order chi connectivity index (χ0) is 6.97. The summed E-state index contributed by atoms with van der Waals surface area (Å²) in [5.41, 5.74) is 1.57. The van der Waals surface area contributed by atoms with Crippen LogP contribution in [-0.4, -0.2) is 18.3 Å². The van der Waals surface area contributed by atoms with E-state index in [1.807, 2.05) is 12.1 Å². The smallest absolute Gasteiger partial charge is 0.0321 e. The highest BCUT2D eigenvalue weighted by Crippen LogP contribution is 2.31. The number of nitrogens with zero attached hydrogens (tertiary/aromatic N) is 2. The van der Waals surface area contributed by atoms with E-state index in [2.05, 4.69) is 17.5 Å². The summed E-state index contributed by atoms with van der Waals surface area (Å²) in [5, 5.41) is 6.10. The number of hydrazone groups is 1. The molecule has 1 unspecified atom stereocenters. The van der Waals surface area contributed by atoms with Gasteiger partial charge in [-0.25, -0.2) is 0 Å². The largest absolute Gasteiger partial charge is 0.276 e. The first-order valence-corrected chi connectivity index (χ1v) is 3.84. The highest BCUT2D eigenvalue weighted by Gasteiger charge is 2.21. The number of hydrogen-bond acceptors (Lipinski definition) is 2. The van der Waals surface area contributed by atoms with Crippen LogP contribution in [0.5, 0.6) is 0 Å². The van der Waals surface area contributed by atoms with Crippen LogP contribution in [0.1, 0.15) is 19.3 Å². The highest BCUT2D eigenvalue weighted by atomic mass is 15.4. The third kappa shape index (κ3) is 0.838. The molecule has 0 amide bonds. The van der Waals surface area contributed by atoms with Crippen LogP contribution >= 0.6 is 0 Å². The molecule has 54 valence electrons. The van der Waals surface area contributed by atoms with Crippen LogP contribution in [0.2, 0.25) is 0 Å². The molecule has 1 saturated carbocycles. The van der Waals surface area contributed by atoms with Gasteiger partial charge in [0.05, 0.1) is 0 Å². The molecule has 2 nitrogen and oxygen atoms in total. The second kappa shape index (κ2) is 2.11. The van der Waals surface area contributed by atoms with Gasteiger partial charge in [-0.15, -0.1) is 0 Å². The quantitative estimate of drug-likeness (QED) is 0.494. The van der Waals surface area contributed by atoms with Gasteiger partial charge in [0, 0.05) is 25.4 Å². The first-order valence-electron chi connectivity index (χ1n) is 3.84. The topological polar surface area (TPSA) is 15.6 Å². The Balaban J connectivity index is 2.22. The summed E-state index contributed by atoms with van der Waals surface area (Å²) in [6, 6.07) is 0. The van der Waals surface area contributed by atoms with E-state index < -0.39 is 0 Å². The third-order valence-corrected chi connectivity index (χ3v) is 2.24. The molecule has 0 aromatic rings. The SMILES string of the molecule is CN1C=C2CCCC2C=N1. The van der Waals surface area contributed by atoms with Crippen molar-refractivity contribution in [3.63, 3.8) is 0 Å². The van der Waals surface area contributed by atoms with Crippen molar-refractivity contribution in [2.24, 2.45) is 11.0 Å². The molecular formula is C8H12N2. The lowest BCUT2D eigenvalue weighted by Gasteiger charge is -2.17. The predicted molar refractivity (Wildman–Crippen MR) is 41.7 cm³/mol. The van der Waals surface area contributed by atoms with Crippen molar-refractivity contribution in [2.75, 3.05) is 7.05 Å². The van der Waals surface area contributed by atoms with Crippen LogP contribution in [0.4, 0.5) is 0 Å². The van der Waals surface area contributed by atoms with Gasteiger partial charge in [-0.2, -0.15) is 5.10 Å². The Morgan fingerprint density at radius 3 is 3.50 bits per heavy atom. The molecule has 0 bridgehead atoms. The van der Waals surface area contributed by atoms with Crippen molar-refractivity contribution >= 4 is 6.21 Å². The number of rotatable bonds is 0. The zero-order valence-electron chi connectivity index (χ0n) is 6.25. The molecule has 0 spiro atoms. The first kappa shape index (κ1) is 5.96. The Hall–Kier alpha value is -0.790. The van der Waals surface area contributed by atoms with Gasteiger partial charge >= 0.3 is 0 Å². The maximum Gasteiger partial charge on any atom is 0.0321 e. The van der Waals surface area contributed by atoms with E-state index in [9.17, 15) is 0 Å². The fraction of sp³-hybridized carbons (Fsp3) is 0.625. The molecule has 1 atom stereocenters. The third-order valence-electron chi connectivity index (χ3n) is 2.24. The lowest BCUT2D eigenvalue weighted by atomic mass is 10.1. The van der Waals surface area contributed by atoms with E-state index in [1.165, 1.54) is 19.3 Å². The first-order chi connectivity index (χ1) is 4.86.